The number of primary sulfonamides is 1. The Morgan fingerprint density at radius 3 is 2.19 bits per heavy atom. The van der Waals surface area contributed by atoms with Crippen molar-refractivity contribution in [1.29, 1.82) is 0 Å². The van der Waals surface area contributed by atoms with Crippen LogP contribution in [0.5, 0.6) is 5.75 Å². The van der Waals surface area contributed by atoms with Crippen molar-refractivity contribution in [3.63, 3.8) is 0 Å². The number of esters is 2. The molecule has 0 radical (unpaired) electrons. The molecule has 0 aliphatic heterocycles. The number of nitrogens with two attached hydrogens (primary N) is 1. The summed E-state index contributed by atoms with van der Waals surface area (Å²) in [6.45, 7) is -0.0803. The summed E-state index contributed by atoms with van der Waals surface area (Å²) < 4.78 is 37.7. The number of ether oxygens (including phenoxy) is 3. The molecule has 9 heteroatoms. The molecule has 2 aromatic rings. The molecule has 0 saturated heterocycles. The van der Waals surface area contributed by atoms with Crippen LogP contribution in [0.15, 0.2) is 47.4 Å². The first kappa shape index (κ1) is 19.4. The van der Waals surface area contributed by atoms with Crippen LogP contribution in [0.2, 0.25) is 0 Å². The van der Waals surface area contributed by atoms with Crippen LogP contribution in [0.1, 0.15) is 26.3 Å². The lowest BCUT2D eigenvalue weighted by atomic mass is 10.1. The Morgan fingerprint density at radius 1 is 1.00 bits per heavy atom. The largest absolute Gasteiger partial charge is 0.496 e. The summed E-state index contributed by atoms with van der Waals surface area (Å²) in [6.07, 6.45) is 0. The highest BCUT2D eigenvalue weighted by Crippen LogP contribution is 2.23. The van der Waals surface area contributed by atoms with E-state index in [1.165, 1.54) is 38.5 Å². The second kappa shape index (κ2) is 7.98. The van der Waals surface area contributed by atoms with Gasteiger partial charge in [-0.3, -0.25) is 0 Å². The third kappa shape index (κ3) is 4.58. The molecule has 0 aliphatic rings. The zero-order valence-electron chi connectivity index (χ0n) is 14.1. The summed E-state index contributed by atoms with van der Waals surface area (Å²) >= 11 is 0. The molecule has 0 bridgehead atoms. The summed E-state index contributed by atoms with van der Waals surface area (Å²) in [5, 5.41) is 5.07. The Labute approximate surface area is 150 Å². The van der Waals surface area contributed by atoms with Crippen molar-refractivity contribution in [2.24, 2.45) is 5.14 Å². The fraction of sp³-hybridized carbons (Fsp3) is 0.176. The molecule has 0 aliphatic carbocycles. The van der Waals surface area contributed by atoms with Crippen molar-refractivity contribution in [1.82, 2.24) is 0 Å². The fourth-order valence-corrected chi connectivity index (χ4v) is 2.64. The van der Waals surface area contributed by atoms with Gasteiger partial charge in [0.2, 0.25) is 10.0 Å². The van der Waals surface area contributed by atoms with Crippen LogP contribution in [0, 0.1) is 0 Å². The van der Waals surface area contributed by atoms with E-state index >= 15 is 0 Å². The predicted molar refractivity (Wildman–Crippen MR) is 91.3 cm³/mol. The van der Waals surface area contributed by atoms with E-state index in [-0.39, 0.29) is 22.8 Å². The summed E-state index contributed by atoms with van der Waals surface area (Å²) in [6, 6.07) is 9.94. The number of hydrogen-bond acceptors (Lipinski definition) is 7. The maximum atomic E-state index is 12.3. The fourth-order valence-electron chi connectivity index (χ4n) is 2.11. The van der Waals surface area contributed by atoms with Gasteiger partial charge in [0, 0.05) is 0 Å². The molecule has 0 aromatic heterocycles. The zero-order valence-corrected chi connectivity index (χ0v) is 14.9. The number of rotatable bonds is 6. The van der Waals surface area contributed by atoms with Crippen molar-refractivity contribution in [2.45, 2.75) is 11.5 Å². The normalized spacial score (nSPS) is 10.9. The van der Waals surface area contributed by atoms with E-state index in [9.17, 15) is 18.0 Å². The Kier molecular flexibility index (Phi) is 5.96. The number of sulfonamides is 1. The van der Waals surface area contributed by atoms with Gasteiger partial charge in [-0.2, -0.15) is 0 Å². The minimum atomic E-state index is -3.97. The molecule has 0 saturated carbocycles. The molecule has 0 spiro atoms. The molecule has 0 unspecified atom stereocenters. The molecule has 2 rings (SSSR count). The van der Waals surface area contributed by atoms with E-state index in [0.717, 1.165) is 6.07 Å². The maximum Gasteiger partial charge on any atom is 0.342 e. The lowest BCUT2D eigenvalue weighted by molar-refractivity contribution is 0.0467. The van der Waals surface area contributed by atoms with Gasteiger partial charge in [0.15, 0.2) is 0 Å². The van der Waals surface area contributed by atoms with Gasteiger partial charge < -0.3 is 14.2 Å². The first-order chi connectivity index (χ1) is 12.3. The van der Waals surface area contributed by atoms with Crippen molar-refractivity contribution in [2.75, 3.05) is 14.2 Å². The average molecular weight is 379 g/mol. The van der Waals surface area contributed by atoms with Crippen molar-refractivity contribution in [3.05, 3.63) is 59.2 Å². The van der Waals surface area contributed by atoms with Gasteiger partial charge >= 0.3 is 11.9 Å². The number of hydrogen-bond donors (Lipinski definition) is 1. The van der Waals surface area contributed by atoms with Crippen LogP contribution in [0.3, 0.4) is 0 Å². The van der Waals surface area contributed by atoms with Gasteiger partial charge in [-0.1, -0.05) is 12.1 Å². The maximum absolute atomic E-state index is 12.3. The molecular formula is C17H17NO7S. The highest BCUT2D eigenvalue weighted by Gasteiger charge is 2.18. The second-order valence-corrected chi connectivity index (χ2v) is 6.73. The Balaban J connectivity index is 2.16. The molecule has 0 amide bonds. The molecule has 0 fully saturated rings. The third-order valence-electron chi connectivity index (χ3n) is 3.46. The number of benzene rings is 2. The summed E-state index contributed by atoms with van der Waals surface area (Å²) in [7, 11) is -1.35. The van der Waals surface area contributed by atoms with E-state index in [4.69, 9.17) is 14.6 Å². The highest BCUT2D eigenvalue weighted by molar-refractivity contribution is 7.89. The van der Waals surface area contributed by atoms with Gasteiger partial charge in [0.05, 0.1) is 24.7 Å². The van der Waals surface area contributed by atoms with E-state index in [1.54, 1.807) is 12.1 Å². The zero-order chi connectivity index (χ0) is 19.3. The minimum absolute atomic E-state index is 0.0646. The van der Waals surface area contributed by atoms with Gasteiger partial charge in [-0.15, -0.1) is 0 Å². The van der Waals surface area contributed by atoms with E-state index in [0.29, 0.717) is 11.1 Å². The quantitative estimate of drug-likeness (QED) is 0.754. The number of carbonyl (C=O) groups excluding carboxylic acids is 2. The van der Waals surface area contributed by atoms with E-state index in [1.807, 2.05) is 0 Å². The average Bonchev–Trinajstić information content (AvgIpc) is 2.64. The van der Waals surface area contributed by atoms with Gasteiger partial charge in [0.1, 0.15) is 17.9 Å². The Morgan fingerprint density at radius 2 is 1.65 bits per heavy atom. The Hall–Kier alpha value is -2.91. The van der Waals surface area contributed by atoms with Crippen molar-refractivity contribution >= 4 is 22.0 Å². The van der Waals surface area contributed by atoms with Crippen molar-refractivity contribution < 1.29 is 32.2 Å². The third-order valence-corrected chi connectivity index (χ3v) is 4.38. The van der Waals surface area contributed by atoms with E-state index < -0.39 is 22.0 Å². The van der Waals surface area contributed by atoms with Crippen LogP contribution >= 0.6 is 0 Å². The molecule has 26 heavy (non-hydrogen) atoms. The summed E-state index contributed by atoms with van der Waals surface area (Å²) in [5.41, 5.74) is 0.933. The topological polar surface area (TPSA) is 122 Å². The van der Waals surface area contributed by atoms with Crippen LogP contribution in [-0.4, -0.2) is 34.6 Å². The molecule has 2 N–H and O–H groups in total. The second-order valence-electron chi connectivity index (χ2n) is 5.17. The van der Waals surface area contributed by atoms with Gasteiger partial charge in [0.25, 0.3) is 0 Å². The van der Waals surface area contributed by atoms with Crippen molar-refractivity contribution in [3.8, 4) is 5.75 Å². The lowest BCUT2D eigenvalue weighted by Crippen LogP contribution is -2.14. The van der Waals surface area contributed by atoms with Gasteiger partial charge in [-0.05, 0) is 35.9 Å². The highest BCUT2D eigenvalue weighted by atomic mass is 32.2. The molecule has 138 valence electrons. The first-order valence-electron chi connectivity index (χ1n) is 7.31. The monoisotopic (exact) mass is 379 g/mol. The van der Waals surface area contributed by atoms with E-state index in [2.05, 4.69) is 4.74 Å². The molecule has 0 heterocycles. The number of methoxy groups -OCH3 is 2. The molecular weight excluding hydrogens is 362 g/mol. The van der Waals surface area contributed by atoms with Crippen LogP contribution < -0.4 is 9.88 Å². The minimum Gasteiger partial charge on any atom is -0.496 e. The van der Waals surface area contributed by atoms with Crippen LogP contribution in [0.25, 0.3) is 0 Å². The molecule has 0 atom stereocenters. The van der Waals surface area contributed by atoms with Crippen LogP contribution in [0.4, 0.5) is 0 Å². The SMILES string of the molecule is COC(=O)c1ccc(COC(=O)c2cc(S(N)(=O)=O)ccc2OC)cc1. The predicted octanol–water partition coefficient (Wildman–Crippen LogP) is 1.49. The standard InChI is InChI=1S/C17H17NO7S/c1-23-15-8-7-13(26(18,21)22)9-14(15)17(20)25-10-11-3-5-12(6-4-11)16(19)24-2/h3-9H,10H2,1-2H3,(H2,18,21,22). The summed E-state index contributed by atoms with van der Waals surface area (Å²) in [5.74, 6) is -1.09. The smallest absolute Gasteiger partial charge is 0.342 e. The first-order valence-corrected chi connectivity index (χ1v) is 8.86. The molecule has 8 nitrogen and oxygen atoms in total. The lowest BCUT2D eigenvalue weighted by Gasteiger charge is -2.10. The number of carbonyl (C=O) groups is 2. The van der Waals surface area contributed by atoms with Crippen LogP contribution in [-0.2, 0) is 26.1 Å². The Bertz CT molecular complexity index is 921. The summed E-state index contributed by atoms with van der Waals surface area (Å²) in [4.78, 5) is 23.4. The molecule has 2 aromatic carbocycles. The van der Waals surface area contributed by atoms with Gasteiger partial charge in [-0.25, -0.2) is 23.1 Å².